The highest BCUT2D eigenvalue weighted by Gasteiger charge is 2.10. The molecular formula is C13H20BrNO2S. The van der Waals surface area contributed by atoms with Crippen molar-refractivity contribution in [3.8, 4) is 0 Å². The second kappa shape index (κ2) is 7.26. The van der Waals surface area contributed by atoms with Gasteiger partial charge in [-0.25, -0.2) is 8.42 Å². The van der Waals surface area contributed by atoms with Crippen molar-refractivity contribution in [1.82, 2.24) is 5.32 Å². The zero-order chi connectivity index (χ0) is 13.6. The Morgan fingerprint density at radius 1 is 1.33 bits per heavy atom. The van der Waals surface area contributed by atoms with Gasteiger partial charge in [0.15, 0.2) is 9.84 Å². The van der Waals surface area contributed by atoms with Crippen LogP contribution in [0.5, 0.6) is 0 Å². The first-order chi connectivity index (χ1) is 8.44. The zero-order valence-electron chi connectivity index (χ0n) is 10.8. The van der Waals surface area contributed by atoms with E-state index in [-0.39, 0.29) is 17.5 Å². The molecule has 1 aromatic carbocycles. The lowest BCUT2D eigenvalue weighted by atomic mass is 10.1. The van der Waals surface area contributed by atoms with Gasteiger partial charge < -0.3 is 5.32 Å². The van der Waals surface area contributed by atoms with Crippen molar-refractivity contribution in [2.45, 2.75) is 26.3 Å². The van der Waals surface area contributed by atoms with Gasteiger partial charge in [0, 0.05) is 22.8 Å². The summed E-state index contributed by atoms with van der Waals surface area (Å²) in [4.78, 5) is 0. The third kappa shape index (κ3) is 5.50. The summed E-state index contributed by atoms with van der Waals surface area (Å²) in [5.74, 6) is 0.485. The minimum Gasteiger partial charge on any atom is -0.309 e. The van der Waals surface area contributed by atoms with E-state index in [0.29, 0.717) is 13.0 Å². The van der Waals surface area contributed by atoms with Crippen LogP contribution in [0.15, 0.2) is 28.7 Å². The van der Waals surface area contributed by atoms with Gasteiger partial charge in [0.25, 0.3) is 0 Å². The second-order valence-corrected chi connectivity index (χ2v) is 7.60. The summed E-state index contributed by atoms with van der Waals surface area (Å²) < 4.78 is 24.1. The fourth-order valence-electron chi connectivity index (χ4n) is 1.74. The van der Waals surface area contributed by atoms with Crippen LogP contribution < -0.4 is 5.32 Å². The molecule has 0 heterocycles. The minimum atomic E-state index is -2.89. The molecule has 0 bridgehead atoms. The Bertz CT molecular complexity index is 474. The van der Waals surface area contributed by atoms with Gasteiger partial charge in [0.2, 0.25) is 0 Å². The molecule has 0 unspecified atom stereocenters. The smallest absolute Gasteiger partial charge is 0.151 e. The number of nitrogens with one attached hydrogen (secondary N) is 1. The molecule has 0 radical (unpaired) electrons. The largest absolute Gasteiger partial charge is 0.309 e. The van der Waals surface area contributed by atoms with Crippen LogP contribution in [-0.4, -0.2) is 26.5 Å². The number of benzene rings is 1. The molecule has 0 saturated carbocycles. The summed E-state index contributed by atoms with van der Waals surface area (Å²) in [7, 11) is -2.89. The topological polar surface area (TPSA) is 46.2 Å². The molecule has 18 heavy (non-hydrogen) atoms. The molecule has 1 atom stereocenters. The van der Waals surface area contributed by atoms with Crippen LogP contribution >= 0.6 is 15.9 Å². The Kier molecular flexibility index (Phi) is 6.32. The maximum Gasteiger partial charge on any atom is 0.151 e. The van der Waals surface area contributed by atoms with Gasteiger partial charge in [-0.05, 0) is 31.0 Å². The normalized spacial score (nSPS) is 13.5. The van der Waals surface area contributed by atoms with Crippen LogP contribution in [0, 0.1) is 0 Å². The molecule has 0 aliphatic carbocycles. The molecule has 0 saturated heterocycles. The maximum atomic E-state index is 11.6. The van der Waals surface area contributed by atoms with Crippen LogP contribution in [0.3, 0.4) is 0 Å². The summed E-state index contributed by atoms with van der Waals surface area (Å²) in [6.07, 6.45) is 0.684. The van der Waals surface area contributed by atoms with Gasteiger partial charge in [-0.1, -0.05) is 35.0 Å². The predicted octanol–water partition coefficient (Wildman–Crippen LogP) is 2.92. The Hall–Kier alpha value is -0.390. The van der Waals surface area contributed by atoms with Crippen molar-refractivity contribution in [2.75, 3.05) is 18.1 Å². The summed E-state index contributed by atoms with van der Waals surface area (Å²) in [5, 5.41) is 3.24. The summed E-state index contributed by atoms with van der Waals surface area (Å²) in [6, 6.07) is 8.17. The van der Waals surface area contributed by atoms with Crippen LogP contribution in [0.2, 0.25) is 0 Å². The highest BCUT2D eigenvalue weighted by molar-refractivity contribution is 9.10. The molecule has 1 N–H and O–H groups in total. The number of hydrogen-bond donors (Lipinski definition) is 1. The molecule has 102 valence electrons. The zero-order valence-corrected chi connectivity index (χ0v) is 13.2. The molecule has 0 aliphatic heterocycles. The van der Waals surface area contributed by atoms with Crippen molar-refractivity contribution in [3.63, 3.8) is 0 Å². The third-order valence-electron chi connectivity index (χ3n) is 2.73. The molecule has 0 fully saturated rings. The van der Waals surface area contributed by atoms with Gasteiger partial charge in [-0.15, -0.1) is 0 Å². The molecule has 0 spiro atoms. The van der Waals surface area contributed by atoms with Crippen molar-refractivity contribution < 1.29 is 8.42 Å². The van der Waals surface area contributed by atoms with E-state index in [0.717, 1.165) is 10.0 Å². The monoisotopic (exact) mass is 333 g/mol. The van der Waals surface area contributed by atoms with E-state index in [4.69, 9.17) is 0 Å². The van der Waals surface area contributed by atoms with Gasteiger partial charge in [-0.2, -0.15) is 0 Å². The first kappa shape index (κ1) is 15.7. The van der Waals surface area contributed by atoms with Crippen LogP contribution in [0.4, 0.5) is 0 Å². The molecule has 0 aromatic heterocycles. The lowest BCUT2D eigenvalue weighted by molar-refractivity contribution is 0.571. The lowest BCUT2D eigenvalue weighted by Crippen LogP contribution is -2.26. The maximum absolute atomic E-state index is 11.6. The minimum absolute atomic E-state index is 0.152. The molecule has 3 nitrogen and oxygen atoms in total. The molecule has 0 aliphatic rings. The van der Waals surface area contributed by atoms with Crippen LogP contribution in [-0.2, 0) is 9.84 Å². The highest BCUT2D eigenvalue weighted by Crippen LogP contribution is 2.17. The second-order valence-electron chi connectivity index (χ2n) is 4.38. The molecule has 0 amide bonds. The van der Waals surface area contributed by atoms with E-state index in [1.165, 1.54) is 0 Å². The fraction of sp³-hybridized carbons (Fsp3) is 0.538. The van der Waals surface area contributed by atoms with E-state index >= 15 is 0 Å². The molecular weight excluding hydrogens is 314 g/mol. The van der Waals surface area contributed by atoms with E-state index in [1.807, 2.05) is 38.1 Å². The van der Waals surface area contributed by atoms with Gasteiger partial charge in [0.05, 0.1) is 5.75 Å². The average Bonchev–Trinajstić information content (AvgIpc) is 2.28. The number of sulfone groups is 1. The summed E-state index contributed by atoms with van der Waals surface area (Å²) in [6.45, 7) is 4.42. The van der Waals surface area contributed by atoms with Crippen LogP contribution in [0.25, 0.3) is 0 Å². The van der Waals surface area contributed by atoms with Gasteiger partial charge >= 0.3 is 0 Å². The molecule has 1 aromatic rings. The predicted molar refractivity (Wildman–Crippen MR) is 79.5 cm³/mol. The Labute approximate surface area is 118 Å². The first-order valence-corrected chi connectivity index (χ1v) is 8.75. The van der Waals surface area contributed by atoms with E-state index < -0.39 is 9.84 Å². The van der Waals surface area contributed by atoms with E-state index in [9.17, 15) is 8.42 Å². The van der Waals surface area contributed by atoms with Crippen LogP contribution in [0.1, 0.15) is 31.9 Å². The standard InChI is InChI=1S/C13H20BrNO2S/c1-3-8-18(16,17)9-7-15-11(2)12-5-4-6-13(14)10-12/h4-6,10-11,15H,3,7-9H2,1-2H3/t11-/m0/s1. The Morgan fingerprint density at radius 3 is 2.67 bits per heavy atom. The van der Waals surface area contributed by atoms with Gasteiger partial charge in [0.1, 0.15) is 0 Å². The van der Waals surface area contributed by atoms with Crippen molar-refractivity contribution in [1.29, 1.82) is 0 Å². The van der Waals surface area contributed by atoms with Crippen molar-refractivity contribution >= 4 is 25.8 Å². The van der Waals surface area contributed by atoms with Crippen molar-refractivity contribution in [2.24, 2.45) is 0 Å². The molecule has 5 heteroatoms. The number of rotatable bonds is 7. The number of hydrogen-bond acceptors (Lipinski definition) is 3. The number of halogens is 1. The third-order valence-corrected chi connectivity index (χ3v) is 5.08. The Morgan fingerprint density at radius 2 is 2.06 bits per heavy atom. The first-order valence-electron chi connectivity index (χ1n) is 6.14. The quantitative estimate of drug-likeness (QED) is 0.834. The summed E-state index contributed by atoms with van der Waals surface area (Å²) >= 11 is 3.43. The SMILES string of the molecule is CCCS(=O)(=O)CCN[C@@H](C)c1cccc(Br)c1. The van der Waals surface area contributed by atoms with Gasteiger partial charge in [-0.3, -0.25) is 0 Å². The molecule has 1 rings (SSSR count). The average molecular weight is 334 g/mol. The Balaban J connectivity index is 2.45. The fourth-order valence-corrected chi connectivity index (χ4v) is 3.41. The van der Waals surface area contributed by atoms with Crippen molar-refractivity contribution in [3.05, 3.63) is 34.3 Å². The highest BCUT2D eigenvalue weighted by atomic mass is 79.9. The lowest BCUT2D eigenvalue weighted by Gasteiger charge is -2.14. The summed E-state index contributed by atoms with van der Waals surface area (Å²) in [5.41, 5.74) is 1.15. The van der Waals surface area contributed by atoms with E-state index in [2.05, 4.69) is 21.2 Å². The van der Waals surface area contributed by atoms with E-state index in [1.54, 1.807) is 0 Å².